The monoisotopic (exact) mass is 309 g/mol. The van der Waals surface area contributed by atoms with E-state index in [9.17, 15) is 9.59 Å². The molecule has 1 amide bonds. The van der Waals surface area contributed by atoms with E-state index in [2.05, 4.69) is 0 Å². The first-order valence-corrected chi connectivity index (χ1v) is 7.73. The standard InChI is InChI=1S/C19H19NO3/c1-13-8-9-14(2)17(12-13)23-11-5-10-20-16-7-4-3-6-15(16)18(21)19(20)22/h3-4,6-9,12H,5,10-11H2,1-2H3. The van der Waals surface area contributed by atoms with E-state index in [1.165, 1.54) is 0 Å². The van der Waals surface area contributed by atoms with E-state index in [1.807, 2.05) is 44.2 Å². The molecule has 23 heavy (non-hydrogen) atoms. The minimum absolute atomic E-state index is 0.420. The number of anilines is 1. The minimum Gasteiger partial charge on any atom is -0.493 e. The molecule has 2 aromatic carbocycles. The van der Waals surface area contributed by atoms with Gasteiger partial charge in [0.15, 0.2) is 0 Å². The fraction of sp³-hybridized carbons (Fsp3) is 0.263. The molecule has 1 aliphatic rings. The Morgan fingerprint density at radius 2 is 1.83 bits per heavy atom. The number of hydrogen-bond acceptors (Lipinski definition) is 3. The average Bonchev–Trinajstić information content (AvgIpc) is 2.79. The van der Waals surface area contributed by atoms with Crippen molar-refractivity contribution in [1.29, 1.82) is 0 Å². The molecule has 4 heteroatoms. The maximum atomic E-state index is 12.1. The number of ether oxygens (including phenoxy) is 1. The van der Waals surface area contributed by atoms with Gasteiger partial charge < -0.3 is 9.64 Å². The SMILES string of the molecule is Cc1ccc(C)c(OCCCN2C(=O)C(=O)c3ccccc32)c1. The number of nitrogens with zero attached hydrogens (tertiary/aromatic N) is 1. The summed E-state index contributed by atoms with van der Waals surface area (Å²) in [5.41, 5.74) is 3.44. The Morgan fingerprint density at radius 3 is 2.65 bits per heavy atom. The van der Waals surface area contributed by atoms with E-state index in [0.29, 0.717) is 30.8 Å². The highest BCUT2D eigenvalue weighted by molar-refractivity contribution is 6.52. The molecule has 0 spiro atoms. The van der Waals surface area contributed by atoms with Gasteiger partial charge in [-0.05, 0) is 49.6 Å². The largest absolute Gasteiger partial charge is 0.493 e. The molecule has 0 aromatic heterocycles. The van der Waals surface area contributed by atoms with Crippen LogP contribution < -0.4 is 9.64 Å². The summed E-state index contributed by atoms with van der Waals surface area (Å²) in [5.74, 6) is 0.00297. The number of fused-ring (bicyclic) bond motifs is 1. The summed E-state index contributed by atoms with van der Waals surface area (Å²) < 4.78 is 5.80. The van der Waals surface area contributed by atoms with Gasteiger partial charge in [-0.2, -0.15) is 0 Å². The number of Topliss-reactive ketones (excluding diaryl/α,β-unsaturated/α-hetero) is 1. The van der Waals surface area contributed by atoms with Crippen LogP contribution in [-0.2, 0) is 4.79 Å². The fourth-order valence-electron chi connectivity index (χ4n) is 2.74. The van der Waals surface area contributed by atoms with Crippen LogP contribution in [0.15, 0.2) is 42.5 Å². The van der Waals surface area contributed by atoms with Gasteiger partial charge in [-0.25, -0.2) is 0 Å². The summed E-state index contributed by atoms with van der Waals surface area (Å²) in [6.07, 6.45) is 0.667. The van der Waals surface area contributed by atoms with Crippen LogP contribution in [0, 0.1) is 13.8 Å². The van der Waals surface area contributed by atoms with Crippen LogP contribution in [-0.4, -0.2) is 24.8 Å². The second kappa shape index (κ2) is 6.24. The number of rotatable bonds is 5. The van der Waals surface area contributed by atoms with Crippen LogP contribution in [0.3, 0.4) is 0 Å². The highest BCUT2D eigenvalue weighted by Gasteiger charge is 2.34. The fourth-order valence-corrected chi connectivity index (χ4v) is 2.74. The summed E-state index contributed by atoms with van der Waals surface area (Å²) >= 11 is 0. The lowest BCUT2D eigenvalue weighted by Gasteiger charge is -2.17. The highest BCUT2D eigenvalue weighted by atomic mass is 16.5. The van der Waals surface area contributed by atoms with Gasteiger partial charge in [0.05, 0.1) is 17.9 Å². The van der Waals surface area contributed by atoms with Gasteiger partial charge in [0.2, 0.25) is 0 Å². The first-order chi connectivity index (χ1) is 11.1. The molecule has 0 aliphatic carbocycles. The number of para-hydroxylation sites is 1. The normalized spacial score (nSPS) is 13.4. The lowest BCUT2D eigenvalue weighted by atomic mass is 10.1. The molecule has 0 radical (unpaired) electrons. The molecule has 3 rings (SSSR count). The van der Waals surface area contributed by atoms with E-state index in [4.69, 9.17) is 4.74 Å². The number of carbonyl (C=O) groups excluding carboxylic acids is 2. The Hall–Kier alpha value is -2.62. The van der Waals surface area contributed by atoms with Crippen LogP contribution in [0.25, 0.3) is 0 Å². The maximum absolute atomic E-state index is 12.1. The summed E-state index contributed by atoms with van der Waals surface area (Å²) in [5, 5.41) is 0. The van der Waals surface area contributed by atoms with Gasteiger partial charge in [0, 0.05) is 6.54 Å². The number of carbonyl (C=O) groups is 2. The smallest absolute Gasteiger partial charge is 0.299 e. The van der Waals surface area contributed by atoms with Crippen molar-refractivity contribution >= 4 is 17.4 Å². The van der Waals surface area contributed by atoms with Crippen molar-refractivity contribution in [3.63, 3.8) is 0 Å². The van der Waals surface area contributed by atoms with E-state index < -0.39 is 11.7 Å². The second-order valence-corrected chi connectivity index (χ2v) is 5.77. The number of benzene rings is 2. The third-order valence-electron chi connectivity index (χ3n) is 4.01. The van der Waals surface area contributed by atoms with E-state index in [0.717, 1.165) is 16.9 Å². The van der Waals surface area contributed by atoms with Crippen molar-refractivity contribution < 1.29 is 14.3 Å². The van der Waals surface area contributed by atoms with Crippen molar-refractivity contribution in [3.05, 3.63) is 59.2 Å². The van der Waals surface area contributed by atoms with E-state index in [1.54, 1.807) is 17.0 Å². The Morgan fingerprint density at radius 1 is 1.04 bits per heavy atom. The summed E-state index contributed by atoms with van der Waals surface area (Å²) in [7, 11) is 0. The Balaban J connectivity index is 1.60. The number of amides is 1. The van der Waals surface area contributed by atoms with Crippen molar-refractivity contribution in [1.82, 2.24) is 0 Å². The Bertz CT molecular complexity index is 767. The second-order valence-electron chi connectivity index (χ2n) is 5.77. The molecule has 0 atom stereocenters. The predicted molar refractivity (Wildman–Crippen MR) is 89.2 cm³/mol. The van der Waals surface area contributed by atoms with Crippen molar-refractivity contribution in [2.75, 3.05) is 18.1 Å². The summed E-state index contributed by atoms with van der Waals surface area (Å²) in [4.78, 5) is 25.5. The van der Waals surface area contributed by atoms with Crippen LogP contribution >= 0.6 is 0 Å². The topological polar surface area (TPSA) is 46.6 Å². The third-order valence-corrected chi connectivity index (χ3v) is 4.01. The lowest BCUT2D eigenvalue weighted by Crippen LogP contribution is -2.31. The zero-order chi connectivity index (χ0) is 16.4. The molecule has 4 nitrogen and oxygen atoms in total. The predicted octanol–water partition coefficient (Wildman–Crippen LogP) is 3.30. The van der Waals surface area contributed by atoms with Gasteiger partial charge in [-0.3, -0.25) is 9.59 Å². The number of aryl methyl sites for hydroxylation is 2. The first-order valence-electron chi connectivity index (χ1n) is 7.73. The quantitative estimate of drug-likeness (QED) is 0.629. The van der Waals surface area contributed by atoms with E-state index >= 15 is 0 Å². The highest BCUT2D eigenvalue weighted by Crippen LogP contribution is 2.28. The van der Waals surface area contributed by atoms with Gasteiger partial charge in [-0.1, -0.05) is 24.3 Å². The van der Waals surface area contributed by atoms with Gasteiger partial charge >= 0.3 is 0 Å². The molecular formula is C19H19NO3. The zero-order valence-corrected chi connectivity index (χ0v) is 13.3. The molecule has 0 unspecified atom stereocenters. The van der Waals surface area contributed by atoms with Crippen LogP contribution in [0.2, 0.25) is 0 Å². The molecule has 0 fully saturated rings. The number of ketones is 1. The molecule has 2 aromatic rings. The summed E-state index contributed by atoms with van der Waals surface area (Å²) in [6, 6.07) is 13.2. The van der Waals surface area contributed by atoms with Gasteiger partial charge in [0.1, 0.15) is 5.75 Å². The van der Waals surface area contributed by atoms with Crippen LogP contribution in [0.5, 0.6) is 5.75 Å². The van der Waals surface area contributed by atoms with Crippen molar-refractivity contribution in [3.8, 4) is 5.75 Å². The average molecular weight is 309 g/mol. The zero-order valence-electron chi connectivity index (χ0n) is 13.3. The molecule has 0 saturated heterocycles. The first kappa shape index (κ1) is 15.3. The minimum atomic E-state index is -0.446. The van der Waals surface area contributed by atoms with Crippen molar-refractivity contribution in [2.45, 2.75) is 20.3 Å². The molecule has 1 aliphatic heterocycles. The summed E-state index contributed by atoms with van der Waals surface area (Å²) in [6.45, 7) is 5.02. The van der Waals surface area contributed by atoms with Gasteiger partial charge in [0.25, 0.3) is 11.7 Å². The van der Waals surface area contributed by atoms with Gasteiger partial charge in [-0.15, -0.1) is 0 Å². The van der Waals surface area contributed by atoms with Crippen LogP contribution in [0.4, 0.5) is 5.69 Å². The molecule has 0 saturated carbocycles. The Labute approximate surface area is 135 Å². The molecule has 1 heterocycles. The molecule has 118 valence electrons. The third kappa shape index (κ3) is 2.97. The number of hydrogen-bond donors (Lipinski definition) is 0. The van der Waals surface area contributed by atoms with Crippen molar-refractivity contribution in [2.24, 2.45) is 0 Å². The maximum Gasteiger partial charge on any atom is 0.299 e. The molecule has 0 bridgehead atoms. The van der Waals surface area contributed by atoms with Crippen LogP contribution in [0.1, 0.15) is 27.9 Å². The molecule has 0 N–H and O–H groups in total. The van der Waals surface area contributed by atoms with E-state index in [-0.39, 0.29) is 0 Å². The molecular weight excluding hydrogens is 290 g/mol. The lowest BCUT2D eigenvalue weighted by molar-refractivity contribution is -0.114. The Kier molecular flexibility index (Phi) is 4.15.